The minimum atomic E-state index is -4.78. The molecule has 3 rings (SSSR count). The van der Waals surface area contributed by atoms with Crippen LogP contribution in [0.4, 0.5) is 37.7 Å². The molecule has 0 fully saturated rings. The number of nitrogens with zero attached hydrogens (tertiary/aromatic N) is 3. The zero-order valence-corrected chi connectivity index (χ0v) is 15.8. The van der Waals surface area contributed by atoms with E-state index in [0.29, 0.717) is 12.1 Å². The van der Waals surface area contributed by atoms with Gasteiger partial charge >= 0.3 is 12.4 Å². The molecule has 0 radical (unpaired) electrons. The topological polar surface area (TPSA) is 129 Å². The van der Waals surface area contributed by atoms with Crippen LogP contribution in [-0.4, -0.2) is 21.1 Å². The van der Waals surface area contributed by atoms with Gasteiger partial charge < -0.3 is 4.42 Å². The van der Waals surface area contributed by atoms with E-state index in [1.54, 1.807) is 0 Å². The number of nitro groups is 2. The molecule has 0 N–H and O–H groups in total. The summed E-state index contributed by atoms with van der Waals surface area (Å²) in [6.07, 6.45) is -7.39. The molecule has 0 amide bonds. The summed E-state index contributed by atoms with van der Waals surface area (Å²) in [6, 6.07) is 4.39. The van der Waals surface area contributed by atoms with Crippen molar-refractivity contribution in [1.29, 1.82) is 0 Å². The summed E-state index contributed by atoms with van der Waals surface area (Å²) < 4.78 is 80.1. The van der Waals surface area contributed by atoms with Crippen molar-refractivity contribution < 1.29 is 45.4 Å². The summed E-state index contributed by atoms with van der Waals surface area (Å²) in [5.41, 5.74) is -4.67. The number of aromatic nitrogens is 1. The van der Waals surface area contributed by atoms with E-state index in [1.807, 2.05) is 0 Å². The van der Waals surface area contributed by atoms with Gasteiger partial charge in [0.2, 0.25) is 0 Å². The Morgan fingerprint density at radius 1 is 0.848 bits per heavy atom. The zero-order chi connectivity index (χ0) is 25.0. The van der Waals surface area contributed by atoms with Gasteiger partial charge in [0.25, 0.3) is 11.4 Å². The van der Waals surface area contributed by atoms with Crippen LogP contribution in [0.3, 0.4) is 0 Å². The molecular formula is C18H9F6N3O6. The Morgan fingerprint density at radius 2 is 1.36 bits per heavy atom. The van der Waals surface area contributed by atoms with Crippen LogP contribution in [0.25, 0.3) is 11.3 Å². The van der Waals surface area contributed by atoms with Crippen molar-refractivity contribution in [3.8, 4) is 11.3 Å². The molecule has 9 nitrogen and oxygen atoms in total. The molecule has 0 saturated carbocycles. The Morgan fingerprint density at radius 3 is 1.79 bits per heavy atom. The van der Waals surface area contributed by atoms with E-state index in [-0.39, 0.29) is 17.6 Å². The lowest BCUT2D eigenvalue weighted by atomic mass is 10.0. The zero-order valence-electron chi connectivity index (χ0n) is 15.8. The van der Waals surface area contributed by atoms with Crippen molar-refractivity contribution in [2.24, 2.45) is 0 Å². The van der Waals surface area contributed by atoms with Gasteiger partial charge in [-0.1, -0.05) is 0 Å². The fourth-order valence-corrected chi connectivity index (χ4v) is 2.45. The molecule has 0 saturated heterocycles. The molecule has 15 heteroatoms. The first-order valence-electron chi connectivity index (χ1n) is 8.31. The van der Waals surface area contributed by atoms with Crippen molar-refractivity contribution in [2.75, 3.05) is 0 Å². The number of hydrogen-bond donors (Lipinski definition) is 0. The third kappa shape index (κ3) is 6.11. The minimum absolute atomic E-state index is 0.00650. The number of carbonyl (C=O) groups is 1. The van der Waals surface area contributed by atoms with Crippen molar-refractivity contribution in [2.45, 2.75) is 12.4 Å². The molecule has 0 atom stereocenters. The average molecular weight is 477 g/mol. The second-order valence-electron chi connectivity index (χ2n) is 5.99. The average Bonchev–Trinajstić information content (AvgIpc) is 3.26. The lowest BCUT2D eigenvalue weighted by molar-refractivity contribution is -0.385. The third-order valence-corrected chi connectivity index (χ3v) is 3.90. The molecule has 174 valence electrons. The molecule has 3 aromatic rings. The molecule has 2 aromatic carbocycles. The molecule has 1 aromatic heterocycles. The predicted molar refractivity (Wildman–Crippen MR) is 97.1 cm³/mol. The molecule has 0 aliphatic heterocycles. The summed E-state index contributed by atoms with van der Waals surface area (Å²) in [5.74, 6) is -0.0998. The lowest BCUT2D eigenvalue weighted by Crippen LogP contribution is -2.09. The van der Waals surface area contributed by atoms with Crippen molar-refractivity contribution in [3.63, 3.8) is 0 Å². The highest BCUT2D eigenvalue weighted by atomic mass is 19.4. The second-order valence-corrected chi connectivity index (χ2v) is 5.99. The van der Waals surface area contributed by atoms with Gasteiger partial charge in [0.15, 0.2) is 18.4 Å². The van der Waals surface area contributed by atoms with E-state index < -0.39 is 50.3 Å². The third-order valence-electron chi connectivity index (χ3n) is 3.90. The van der Waals surface area contributed by atoms with Gasteiger partial charge in [-0.2, -0.15) is 26.3 Å². The van der Waals surface area contributed by atoms with Gasteiger partial charge in [-0.15, -0.1) is 0 Å². The Kier molecular flexibility index (Phi) is 7.15. The maximum Gasteiger partial charge on any atom is 0.417 e. The number of hydrogen-bond acceptors (Lipinski definition) is 7. The molecule has 0 aliphatic carbocycles. The number of non-ortho nitro benzene ring substituents is 2. The molecule has 33 heavy (non-hydrogen) atoms. The monoisotopic (exact) mass is 477 g/mol. The second kappa shape index (κ2) is 9.46. The first-order valence-corrected chi connectivity index (χ1v) is 8.31. The molecular weight excluding hydrogens is 468 g/mol. The predicted octanol–water partition coefficient (Wildman–Crippen LogP) is 5.69. The van der Waals surface area contributed by atoms with Crippen LogP contribution in [0.2, 0.25) is 0 Å². The van der Waals surface area contributed by atoms with Gasteiger partial charge in [-0.25, -0.2) is 4.98 Å². The van der Waals surface area contributed by atoms with E-state index in [0.717, 1.165) is 36.9 Å². The number of nitro benzene ring substituents is 2. The number of halogens is 6. The van der Waals surface area contributed by atoms with E-state index in [1.165, 1.54) is 0 Å². The minimum Gasteiger partial charge on any atom is -0.444 e. The van der Waals surface area contributed by atoms with Crippen LogP contribution < -0.4 is 0 Å². The standard InChI is InChI=1S/C10H5F3N2O3.C8H4F3NO3/c11-10(12,13)8-3-6(15(16)17)1-2-7(8)9-4-14-5-18-9;9-8(10,11)7-3-6(12(14)15)2-1-5(7)4-13/h1-5H;1-4H. The van der Waals surface area contributed by atoms with Gasteiger partial charge in [-0.05, 0) is 12.1 Å². The molecule has 0 spiro atoms. The van der Waals surface area contributed by atoms with Gasteiger partial charge in [0.1, 0.15) is 0 Å². The molecule has 0 unspecified atom stereocenters. The summed E-state index contributed by atoms with van der Waals surface area (Å²) in [7, 11) is 0. The van der Waals surface area contributed by atoms with E-state index in [9.17, 15) is 51.4 Å². The number of carbonyl (C=O) groups excluding carboxylic acids is 1. The van der Waals surface area contributed by atoms with Crippen molar-refractivity contribution in [1.82, 2.24) is 4.98 Å². The fraction of sp³-hybridized carbons (Fsp3) is 0.111. The highest BCUT2D eigenvalue weighted by molar-refractivity contribution is 5.78. The van der Waals surface area contributed by atoms with Crippen LogP contribution in [0.5, 0.6) is 0 Å². The van der Waals surface area contributed by atoms with E-state index in [4.69, 9.17) is 4.42 Å². The van der Waals surface area contributed by atoms with Crippen molar-refractivity contribution >= 4 is 17.7 Å². The molecule has 0 aliphatic rings. The van der Waals surface area contributed by atoms with Crippen LogP contribution in [0.1, 0.15) is 21.5 Å². The van der Waals surface area contributed by atoms with Crippen LogP contribution in [0.15, 0.2) is 53.4 Å². The summed E-state index contributed by atoms with van der Waals surface area (Å²) in [5, 5.41) is 20.7. The van der Waals surface area contributed by atoms with Crippen LogP contribution in [-0.2, 0) is 12.4 Å². The molecule has 0 bridgehead atoms. The fourth-order valence-electron chi connectivity index (χ4n) is 2.45. The first kappa shape index (κ1) is 25.0. The number of aldehydes is 1. The summed E-state index contributed by atoms with van der Waals surface area (Å²) >= 11 is 0. The number of benzene rings is 2. The normalized spacial score (nSPS) is 11.3. The maximum absolute atomic E-state index is 12.8. The summed E-state index contributed by atoms with van der Waals surface area (Å²) in [4.78, 5) is 32.7. The van der Waals surface area contributed by atoms with Crippen LogP contribution >= 0.6 is 0 Å². The summed E-state index contributed by atoms with van der Waals surface area (Å²) in [6.45, 7) is 0. The van der Waals surface area contributed by atoms with E-state index in [2.05, 4.69) is 4.98 Å². The van der Waals surface area contributed by atoms with E-state index >= 15 is 0 Å². The van der Waals surface area contributed by atoms with Crippen LogP contribution in [0, 0.1) is 20.2 Å². The Bertz CT molecular complexity index is 1180. The largest absolute Gasteiger partial charge is 0.444 e. The smallest absolute Gasteiger partial charge is 0.417 e. The number of alkyl halides is 6. The quantitative estimate of drug-likeness (QED) is 0.204. The lowest BCUT2D eigenvalue weighted by Gasteiger charge is -2.10. The number of oxazole rings is 1. The highest BCUT2D eigenvalue weighted by Crippen LogP contribution is 2.39. The Hall–Kier alpha value is -4.30. The highest BCUT2D eigenvalue weighted by Gasteiger charge is 2.36. The van der Waals surface area contributed by atoms with Crippen molar-refractivity contribution in [3.05, 3.63) is 85.9 Å². The van der Waals surface area contributed by atoms with Gasteiger partial charge in [0.05, 0.1) is 27.2 Å². The molecule has 1 heterocycles. The Balaban J connectivity index is 0.000000238. The first-order chi connectivity index (χ1) is 15.3. The van der Waals surface area contributed by atoms with Gasteiger partial charge in [-0.3, -0.25) is 25.0 Å². The number of rotatable bonds is 4. The maximum atomic E-state index is 12.8. The Labute approximate surface area is 178 Å². The van der Waals surface area contributed by atoms with Gasteiger partial charge in [0, 0.05) is 35.4 Å². The SMILES string of the molecule is O=Cc1ccc([N+](=O)[O-])cc1C(F)(F)F.O=[N+]([O-])c1ccc(-c2cnco2)c(C(F)(F)F)c1.